The predicted molar refractivity (Wildman–Crippen MR) is 112 cm³/mol. The normalized spacial score (nSPS) is 16.4. The predicted octanol–water partition coefficient (Wildman–Crippen LogP) is 7.14. The summed E-state index contributed by atoms with van der Waals surface area (Å²) in [6.07, 6.45) is 2.31. The number of anilines is 2. The molecule has 25 heavy (non-hydrogen) atoms. The summed E-state index contributed by atoms with van der Waals surface area (Å²) in [4.78, 5) is 1.18. The second-order valence-corrected chi connectivity index (χ2v) is 9.45. The molecule has 134 valence electrons. The Morgan fingerprint density at radius 2 is 1.88 bits per heavy atom. The fourth-order valence-electron chi connectivity index (χ4n) is 2.83. The third-order valence-corrected chi connectivity index (χ3v) is 5.86. The quantitative estimate of drug-likeness (QED) is 0.415. The van der Waals surface area contributed by atoms with Gasteiger partial charge >= 0.3 is 0 Å². The van der Waals surface area contributed by atoms with Crippen LogP contribution in [-0.2, 0) is 6.42 Å². The summed E-state index contributed by atoms with van der Waals surface area (Å²) in [6, 6.07) is 12.7. The smallest absolute Gasteiger partial charge is 0.0793 e. The first-order valence-electron chi connectivity index (χ1n) is 8.56. The molecule has 1 atom stereocenters. The van der Waals surface area contributed by atoms with Crippen molar-refractivity contribution in [1.29, 1.82) is 0 Å². The van der Waals surface area contributed by atoms with Gasteiger partial charge in [-0.2, -0.15) is 0 Å². The lowest BCUT2D eigenvalue weighted by molar-refractivity contribution is 0.378. The van der Waals surface area contributed by atoms with Gasteiger partial charge in [0, 0.05) is 22.0 Å². The van der Waals surface area contributed by atoms with Crippen LogP contribution in [0.4, 0.5) is 11.4 Å². The molecule has 0 saturated heterocycles. The van der Waals surface area contributed by atoms with Gasteiger partial charge in [-0.15, -0.1) is 11.6 Å². The highest BCUT2D eigenvalue weighted by atomic mass is 35.5. The summed E-state index contributed by atoms with van der Waals surface area (Å²) >= 11 is 14.2. The summed E-state index contributed by atoms with van der Waals surface area (Å²) in [7, 11) is 0. The van der Waals surface area contributed by atoms with Crippen molar-refractivity contribution in [3.8, 4) is 0 Å². The Morgan fingerprint density at radius 1 is 1.16 bits per heavy atom. The third-order valence-electron chi connectivity index (χ3n) is 4.33. The molecular formula is C20H24Cl2N2S. The largest absolute Gasteiger partial charge is 0.381 e. The number of halogens is 2. The molecule has 0 spiro atoms. The van der Waals surface area contributed by atoms with Crippen LogP contribution in [0.15, 0.2) is 41.3 Å². The summed E-state index contributed by atoms with van der Waals surface area (Å²) in [6.45, 7) is 7.56. The van der Waals surface area contributed by atoms with Crippen molar-refractivity contribution in [3.05, 3.63) is 52.5 Å². The molecule has 0 amide bonds. The van der Waals surface area contributed by atoms with Gasteiger partial charge in [0.15, 0.2) is 0 Å². The molecule has 0 saturated carbocycles. The highest BCUT2D eigenvalue weighted by Crippen LogP contribution is 2.44. The van der Waals surface area contributed by atoms with Gasteiger partial charge in [-0.1, -0.05) is 44.5 Å². The third kappa shape index (κ3) is 4.78. The van der Waals surface area contributed by atoms with Gasteiger partial charge in [0.1, 0.15) is 0 Å². The van der Waals surface area contributed by atoms with E-state index in [0.29, 0.717) is 12.0 Å². The average Bonchev–Trinajstić information content (AvgIpc) is 2.96. The summed E-state index contributed by atoms with van der Waals surface area (Å²) in [5, 5.41) is 3.99. The number of fused-ring (bicyclic) bond motifs is 1. The first-order valence-corrected chi connectivity index (χ1v) is 10.2. The van der Waals surface area contributed by atoms with Crippen LogP contribution in [0.1, 0.15) is 43.7 Å². The number of hydrogen-bond acceptors (Lipinski definition) is 3. The van der Waals surface area contributed by atoms with Gasteiger partial charge in [0.25, 0.3) is 0 Å². The molecule has 0 aromatic heterocycles. The first-order chi connectivity index (χ1) is 11.8. The molecule has 0 fully saturated rings. The molecule has 1 aliphatic rings. The maximum Gasteiger partial charge on any atom is 0.0793 e. The average molecular weight is 395 g/mol. The van der Waals surface area contributed by atoms with E-state index >= 15 is 0 Å². The minimum Gasteiger partial charge on any atom is -0.381 e. The summed E-state index contributed by atoms with van der Waals surface area (Å²) in [5.41, 5.74) is 4.79. The number of alkyl halides is 1. The lowest BCUT2D eigenvalue weighted by Gasteiger charge is -2.17. The second kappa shape index (κ2) is 7.69. The van der Waals surface area contributed by atoms with E-state index in [4.69, 9.17) is 23.2 Å². The molecule has 1 aliphatic heterocycles. The van der Waals surface area contributed by atoms with E-state index in [1.54, 1.807) is 11.9 Å². The summed E-state index contributed by atoms with van der Waals surface area (Å²) < 4.78 is 3.42. The maximum absolute atomic E-state index is 6.33. The minimum absolute atomic E-state index is 0.0728. The zero-order valence-corrected chi connectivity index (χ0v) is 17.2. The van der Waals surface area contributed by atoms with Gasteiger partial charge in [0.05, 0.1) is 16.8 Å². The van der Waals surface area contributed by atoms with Crippen LogP contribution in [0.25, 0.3) is 0 Å². The van der Waals surface area contributed by atoms with E-state index < -0.39 is 0 Å². The molecule has 2 nitrogen and oxygen atoms in total. The Labute approximate surface area is 164 Å². The topological polar surface area (TPSA) is 24.1 Å². The fraction of sp³-hybridized carbons (Fsp3) is 0.400. The number of hydrogen-bond donors (Lipinski definition) is 2. The molecule has 5 heteroatoms. The highest BCUT2D eigenvalue weighted by molar-refractivity contribution is 8.00. The molecule has 2 N–H and O–H groups in total. The highest BCUT2D eigenvalue weighted by Gasteiger charge is 2.25. The van der Waals surface area contributed by atoms with E-state index in [2.05, 4.69) is 55.1 Å². The van der Waals surface area contributed by atoms with Gasteiger partial charge in [-0.3, -0.25) is 0 Å². The molecule has 0 aliphatic carbocycles. The van der Waals surface area contributed by atoms with E-state index in [0.717, 1.165) is 28.4 Å². The van der Waals surface area contributed by atoms with E-state index in [1.165, 1.54) is 16.9 Å². The van der Waals surface area contributed by atoms with Crippen molar-refractivity contribution in [3.63, 3.8) is 0 Å². The van der Waals surface area contributed by atoms with Crippen molar-refractivity contribution in [2.75, 3.05) is 16.6 Å². The van der Waals surface area contributed by atoms with Crippen LogP contribution in [0.2, 0.25) is 5.02 Å². The Hall–Kier alpha value is -1.03. The molecule has 2 aromatic carbocycles. The molecule has 2 aromatic rings. The van der Waals surface area contributed by atoms with E-state index in [-0.39, 0.29) is 5.38 Å². The summed E-state index contributed by atoms with van der Waals surface area (Å²) in [5.74, 6) is 0. The Morgan fingerprint density at radius 3 is 2.56 bits per heavy atom. The maximum atomic E-state index is 6.33. The molecule has 1 unspecified atom stereocenters. The monoisotopic (exact) mass is 394 g/mol. The standard InChI is InChI=1S/C20H24Cl2N2S/c1-20(2,3)11-10-13-4-6-14(7-5-13)25-24-17-9-8-15(21)18-16(22)12-23-19(17)18/h4-9,16,23-24H,10-12H2,1-3H3. The first kappa shape index (κ1) is 18.8. The zero-order valence-electron chi connectivity index (χ0n) is 14.8. The lowest BCUT2D eigenvalue weighted by Crippen LogP contribution is -2.06. The van der Waals surface area contributed by atoms with Crippen LogP contribution in [0.3, 0.4) is 0 Å². The fourth-order valence-corrected chi connectivity index (χ4v) is 4.15. The second-order valence-electron chi connectivity index (χ2n) is 7.64. The minimum atomic E-state index is -0.0728. The van der Waals surface area contributed by atoms with Crippen LogP contribution in [0.5, 0.6) is 0 Å². The lowest BCUT2D eigenvalue weighted by atomic mass is 9.89. The van der Waals surface area contributed by atoms with Crippen molar-refractivity contribution < 1.29 is 0 Å². The van der Waals surface area contributed by atoms with Crippen molar-refractivity contribution in [2.45, 2.75) is 43.9 Å². The van der Waals surface area contributed by atoms with Crippen molar-refractivity contribution in [2.24, 2.45) is 5.41 Å². The zero-order chi connectivity index (χ0) is 18.0. The number of rotatable bonds is 5. The van der Waals surface area contributed by atoms with Crippen LogP contribution in [0, 0.1) is 5.41 Å². The van der Waals surface area contributed by atoms with Crippen LogP contribution in [-0.4, -0.2) is 6.54 Å². The molecule has 3 rings (SSSR count). The Kier molecular flexibility index (Phi) is 5.77. The number of aryl methyl sites for hydroxylation is 1. The van der Waals surface area contributed by atoms with Gasteiger partial charge < -0.3 is 10.0 Å². The molecular weight excluding hydrogens is 371 g/mol. The number of nitrogens with one attached hydrogen (secondary N) is 2. The van der Waals surface area contributed by atoms with Crippen molar-refractivity contribution >= 4 is 46.5 Å². The van der Waals surface area contributed by atoms with Crippen LogP contribution < -0.4 is 10.0 Å². The Bertz CT molecular complexity index is 739. The molecule has 0 radical (unpaired) electrons. The van der Waals surface area contributed by atoms with Gasteiger partial charge in [-0.05, 0) is 60.0 Å². The Balaban J connectivity index is 1.63. The van der Waals surface area contributed by atoms with E-state index in [1.807, 2.05) is 12.1 Å². The van der Waals surface area contributed by atoms with Crippen molar-refractivity contribution in [1.82, 2.24) is 0 Å². The van der Waals surface area contributed by atoms with E-state index in [9.17, 15) is 0 Å². The molecule has 1 heterocycles. The molecule has 0 bridgehead atoms. The van der Waals surface area contributed by atoms with Gasteiger partial charge in [0.2, 0.25) is 0 Å². The van der Waals surface area contributed by atoms with Crippen LogP contribution >= 0.6 is 35.1 Å². The van der Waals surface area contributed by atoms with Gasteiger partial charge in [-0.25, -0.2) is 0 Å². The number of benzene rings is 2. The SMILES string of the molecule is CC(C)(C)CCc1ccc(SNc2ccc(Cl)c3c2NCC3Cl)cc1.